The molecule has 0 aliphatic rings. The van der Waals surface area contributed by atoms with E-state index in [0.29, 0.717) is 19.3 Å². The highest BCUT2D eigenvalue weighted by Crippen LogP contribution is 2.15. The summed E-state index contributed by atoms with van der Waals surface area (Å²) in [6.07, 6.45) is 49.1. The maximum absolute atomic E-state index is 12.0. The summed E-state index contributed by atoms with van der Waals surface area (Å²) in [6, 6.07) is 0. The van der Waals surface area contributed by atoms with Crippen molar-refractivity contribution in [2.45, 2.75) is 199 Å². The van der Waals surface area contributed by atoms with Crippen molar-refractivity contribution in [3.05, 3.63) is 60.8 Å². The molecule has 6 nitrogen and oxygen atoms in total. The third-order valence-electron chi connectivity index (χ3n) is 8.84. The quantitative estimate of drug-likeness (QED) is 0.0288. The summed E-state index contributed by atoms with van der Waals surface area (Å²) in [5, 5.41) is 19.7. The number of carbonyl (C=O) groups excluding carboxylic acids is 2. The molecule has 0 aliphatic carbocycles. The van der Waals surface area contributed by atoms with Gasteiger partial charge in [0, 0.05) is 12.8 Å². The molecule has 0 rings (SSSR count). The van der Waals surface area contributed by atoms with Crippen LogP contribution in [-0.4, -0.2) is 47.6 Å². The number of aliphatic hydroxyl groups is 2. The third kappa shape index (κ3) is 40.2. The Hall–Kier alpha value is -2.44. The maximum atomic E-state index is 12.0. The normalized spacial score (nSPS) is 13.4. The van der Waals surface area contributed by atoms with Crippen molar-refractivity contribution in [1.82, 2.24) is 0 Å². The molecular formula is C45H78O6. The number of rotatable bonds is 37. The zero-order valence-corrected chi connectivity index (χ0v) is 33.0. The standard InChI is InChI=1S/C45H78O6/c1-3-5-7-8-9-10-11-12-13-14-15-16-17-18-22-25-28-31-34-38-44(48)50-40-43(47)41-51-45(49)39-35-32-29-26-23-20-19-21-24-27-30-33-37-42(46)36-6-4-2/h6,19-20,24,26-27,29-30,33,36,42-43,46-47H,3-5,7-18,21-23,25,28,31-32,34-35,37-41H2,1-2H3/b20-19-,27-24-,29-26-,33-30+,36-6-/t42?,43-/m1/s1. The van der Waals surface area contributed by atoms with Gasteiger partial charge in [0.1, 0.15) is 19.3 Å². The van der Waals surface area contributed by atoms with Crippen molar-refractivity contribution in [1.29, 1.82) is 0 Å². The SMILES string of the molecule is CC/C=C\C(O)C/C=C/C=C\C/C=C\C/C=C\CCCC(=O)OC[C@H](O)COC(=O)CCCCCCCCCCCCCCCCCCCCC. The van der Waals surface area contributed by atoms with Crippen molar-refractivity contribution in [3.8, 4) is 0 Å². The van der Waals surface area contributed by atoms with Crippen LogP contribution in [0.15, 0.2) is 60.8 Å². The highest BCUT2D eigenvalue weighted by molar-refractivity contribution is 5.69. The largest absolute Gasteiger partial charge is 0.463 e. The van der Waals surface area contributed by atoms with E-state index in [2.05, 4.69) is 37.3 Å². The second kappa shape index (κ2) is 40.3. The zero-order valence-electron chi connectivity index (χ0n) is 33.0. The number of hydrogen-bond acceptors (Lipinski definition) is 6. The smallest absolute Gasteiger partial charge is 0.305 e. The fourth-order valence-electron chi connectivity index (χ4n) is 5.67. The molecule has 0 amide bonds. The molecule has 0 spiro atoms. The van der Waals surface area contributed by atoms with E-state index in [1.165, 1.54) is 103 Å². The molecule has 6 heteroatoms. The number of allylic oxidation sites excluding steroid dienone is 8. The lowest BCUT2D eigenvalue weighted by atomic mass is 10.0. The van der Waals surface area contributed by atoms with Crippen LogP contribution in [0.4, 0.5) is 0 Å². The summed E-state index contributed by atoms with van der Waals surface area (Å²) in [7, 11) is 0. The molecule has 0 aromatic heterocycles. The minimum absolute atomic E-state index is 0.144. The summed E-state index contributed by atoms with van der Waals surface area (Å²) in [4.78, 5) is 24.0. The van der Waals surface area contributed by atoms with E-state index in [4.69, 9.17) is 9.47 Å². The van der Waals surface area contributed by atoms with E-state index in [9.17, 15) is 19.8 Å². The van der Waals surface area contributed by atoms with Crippen molar-refractivity contribution in [2.24, 2.45) is 0 Å². The minimum Gasteiger partial charge on any atom is -0.463 e. The van der Waals surface area contributed by atoms with Gasteiger partial charge in [-0.05, 0) is 44.9 Å². The van der Waals surface area contributed by atoms with Crippen LogP contribution in [0.1, 0.15) is 187 Å². The average Bonchev–Trinajstić information content (AvgIpc) is 3.13. The average molecular weight is 715 g/mol. The predicted molar refractivity (Wildman–Crippen MR) is 216 cm³/mol. The summed E-state index contributed by atoms with van der Waals surface area (Å²) >= 11 is 0. The van der Waals surface area contributed by atoms with Crippen LogP contribution in [0.25, 0.3) is 0 Å². The molecule has 2 N–H and O–H groups in total. The van der Waals surface area contributed by atoms with Gasteiger partial charge >= 0.3 is 11.9 Å². The molecule has 51 heavy (non-hydrogen) atoms. The zero-order chi connectivity index (χ0) is 37.3. The van der Waals surface area contributed by atoms with Crippen LogP contribution >= 0.6 is 0 Å². The number of carbonyl (C=O) groups is 2. The first-order valence-electron chi connectivity index (χ1n) is 20.9. The molecule has 294 valence electrons. The summed E-state index contributed by atoms with van der Waals surface area (Å²) in [5.74, 6) is -0.652. The number of ether oxygens (including phenoxy) is 2. The third-order valence-corrected chi connectivity index (χ3v) is 8.84. The molecule has 0 aromatic carbocycles. The summed E-state index contributed by atoms with van der Waals surface area (Å²) in [5.41, 5.74) is 0. The van der Waals surface area contributed by atoms with Gasteiger partial charge in [0.15, 0.2) is 0 Å². The van der Waals surface area contributed by atoms with Crippen LogP contribution in [0.5, 0.6) is 0 Å². The Balaban J connectivity index is 3.53. The van der Waals surface area contributed by atoms with Crippen LogP contribution < -0.4 is 0 Å². The van der Waals surface area contributed by atoms with Crippen molar-refractivity contribution in [2.75, 3.05) is 13.2 Å². The van der Waals surface area contributed by atoms with Gasteiger partial charge in [0.05, 0.1) is 6.10 Å². The van der Waals surface area contributed by atoms with Gasteiger partial charge in [-0.2, -0.15) is 0 Å². The van der Waals surface area contributed by atoms with Gasteiger partial charge in [-0.15, -0.1) is 0 Å². The van der Waals surface area contributed by atoms with Gasteiger partial charge in [-0.3, -0.25) is 9.59 Å². The van der Waals surface area contributed by atoms with Crippen molar-refractivity contribution < 1.29 is 29.3 Å². The van der Waals surface area contributed by atoms with Gasteiger partial charge in [-0.1, -0.05) is 190 Å². The van der Waals surface area contributed by atoms with Crippen LogP contribution in [-0.2, 0) is 19.1 Å². The van der Waals surface area contributed by atoms with E-state index < -0.39 is 12.2 Å². The van der Waals surface area contributed by atoms with Crippen LogP contribution in [0.3, 0.4) is 0 Å². The molecule has 0 saturated heterocycles. The Morgan fingerprint density at radius 2 is 0.941 bits per heavy atom. The molecular weight excluding hydrogens is 636 g/mol. The number of aliphatic hydroxyl groups excluding tert-OH is 2. The van der Waals surface area contributed by atoms with E-state index >= 15 is 0 Å². The molecule has 0 saturated carbocycles. The molecule has 0 bridgehead atoms. The Labute approximate surface area is 313 Å². The Morgan fingerprint density at radius 3 is 1.45 bits per heavy atom. The van der Waals surface area contributed by atoms with Gasteiger partial charge in [0.2, 0.25) is 0 Å². The Kier molecular flexibility index (Phi) is 38.4. The second-order valence-corrected chi connectivity index (χ2v) is 13.9. The van der Waals surface area contributed by atoms with Crippen LogP contribution in [0.2, 0.25) is 0 Å². The first kappa shape index (κ1) is 48.6. The number of unbranched alkanes of at least 4 members (excludes halogenated alkanes) is 19. The fraction of sp³-hybridized carbons (Fsp3) is 0.733. The lowest BCUT2D eigenvalue weighted by Crippen LogP contribution is -2.25. The number of hydrogen-bond donors (Lipinski definition) is 2. The Morgan fingerprint density at radius 1 is 0.510 bits per heavy atom. The van der Waals surface area contributed by atoms with E-state index in [1.54, 1.807) is 0 Å². The lowest BCUT2D eigenvalue weighted by molar-refractivity contribution is -0.152. The lowest BCUT2D eigenvalue weighted by Gasteiger charge is -2.12. The minimum atomic E-state index is -0.999. The van der Waals surface area contributed by atoms with Crippen molar-refractivity contribution in [3.63, 3.8) is 0 Å². The summed E-state index contributed by atoms with van der Waals surface area (Å²) < 4.78 is 10.3. The van der Waals surface area contributed by atoms with Crippen LogP contribution in [0, 0.1) is 0 Å². The first-order valence-corrected chi connectivity index (χ1v) is 20.9. The molecule has 0 radical (unpaired) electrons. The molecule has 0 heterocycles. The molecule has 2 atom stereocenters. The highest BCUT2D eigenvalue weighted by Gasteiger charge is 2.12. The molecule has 0 aromatic rings. The van der Waals surface area contributed by atoms with E-state index in [-0.39, 0.29) is 31.6 Å². The van der Waals surface area contributed by atoms with Gasteiger partial charge in [0.25, 0.3) is 0 Å². The van der Waals surface area contributed by atoms with E-state index in [0.717, 1.165) is 44.9 Å². The topological polar surface area (TPSA) is 93.1 Å². The molecule has 0 aliphatic heterocycles. The van der Waals surface area contributed by atoms with Gasteiger partial charge < -0.3 is 19.7 Å². The highest BCUT2D eigenvalue weighted by atomic mass is 16.6. The summed E-state index contributed by atoms with van der Waals surface area (Å²) in [6.45, 7) is 4.02. The van der Waals surface area contributed by atoms with E-state index in [1.807, 2.05) is 37.3 Å². The monoisotopic (exact) mass is 715 g/mol. The van der Waals surface area contributed by atoms with Gasteiger partial charge in [-0.25, -0.2) is 0 Å². The second-order valence-electron chi connectivity index (χ2n) is 13.9. The molecule has 1 unspecified atom stereocenters. The van der Waals surface area contributed by atoms with Crippen molar-refractivity contribution >= 4 is 11.9 Å². The molecule has 0 fully saturated rings. The number of esters is 2. The Bertz CT molecular complexity index is 918. The fourth-order valence-corrected chi connectivity index (χ4v) is 5.67. The predicted octanol–water partition coefficient (Wildman–Crippen LogP) is 12.1. The first-order chi connectivity index (χ1) is 25.0. The maximum Gasteiger partial charge on any atom is 0.305 e.